The van der Waals surface area contributed by atoms with Crippen LogP contribution in [0.4, 0.5) is 0 Å². The van der Waals surface area contributed by atoms with Crippen molar-refractivity contribution in [2.24, 2.45) is 11.7 Å². The highest BCUT2D eigenvalue weighted by atomic mass is 16.5. The Morgan fingerprint density at radius 2 is 2.14 bits per heavy atom. The van der Waals surface area contributed by atoms with E-state index in [1.807, 2.05) is 37.3 Å². The number of nitrogens with one attached hydrogen (secondary N) is 1. The van der Waals surface area contributed by atoms with Crippen molar-refractivity contribution in [1.82, 2.24) is 5.32 Å². The van der Waals surface area contributed by atoms with Crippen LogP contribution in [-0.4, -0.2) is 24.6 Å². The van der Waals surface area contributed by atoms with E-state index in [4.69, 9.17) is 10.5 Å². The van der Waals surface area contributed by atoms with Crippen molar-refractivity contribution in [2.75, 3.05) is 13.2 Å². The zero-order valence-electron chi connectivity index (χ0n) is 12.8. The van der Waals surface area contributed by atoms with Gasteiger partial charge in [0.05, 0.1) is 19.1 Å². The zero-order chi connectivity index (χ0) is 15.1. The number of ether oxygens (including phenoxy) is 1. The van der Waals surface area contributed by atoms with E-state index in [1.165, 1.54) is 0 Å². The van der Waals surface area contributed by atoms with Crippen molar-refractivity contribution in [1.29, 1.82) is 0 Å². The Balaban J connectivity index is 1.65. The number of nitrogens with two attached hydrogens (primary N) is 1. The van der Waals surface area contributed by atoms with Crippen LogP contribution in [0, 0.1) is 5.92 Å². The summed E-state index contributed by atoms with van der Waals surface area (Å²) in [6, 6.07) is 10.0. The summed E-state index contributed by atoms with van der Waals surface area (Å²) in [6.07, 6.45) is 4.03. The van der Waals surface area contributed by atoms with Gasteiger partial charge >= 0.3 is 0 Å². The molecule has 0 aromatic heterocycles. The van der Waals surface area contributed by atoms with Crippen molar-refractivity contribution in [3.05, 3.63) is 35.9 Å². The Bertz CT molecular complexity index is 445. The number of carbonyl (C=O) groups excluding carboxylic acids is 1. The van der Waals surface area contributed by atoms with E-state index in [1.54, 1.807) is 0 Å². The minimum atomic E-state index is -0.368. The minimum Gasteiger partial charge on any atom is -0.375 e. The molecule has 1 aliphatic rings. The van der Waals surface area contributed by atoms with Crippen LogP contribution in [0.2, 0.25) is 0 Å². The van der Waals surface area contributed by atoms with E-state index in [9.17, 15) is 4.79 Å². The number of carbonyl (C=O) groups is 1. The second-order valence-corrected chi connectivity index (χ2v) is 6.13. The summed E-state index contributed by atoms with van der Waals surface area (Å²) < 4.78 is 5.56. The summed E-state index contributed by atoms with van der Waals surface area (Å²) in [4.78, 5) is 12.2. The number of hydrogen-bond acceptors (Lipinski definition) is 3. The number of benzene rings is 1. The lowest BCUT2D eigenvalue weighted by atomic mass is 9.74. The molecule has 2 rings (SSSR count). The molecule has 2 unspecified atom stereocenters. The first-order valence-corrected chi connectivity index (χ1v) is 7.78. The Hall–Kier alpha value is -1.39. The number of rotatable bonds is 6. The molecular weight excluding hydrogens is 264 g/mol. The fourth-order valence-corrected chi connectivity index (χ4v) is 2.92. The fraction of sp³-hybridized carbons (Fsp3) is 0.588. The highest BCUT2D eigenvalue weighted by molar-refractivity contribution is 5.80. The second kappa shape index (κ2) is 7.57. The van der Waals surface area contributed by atoms with E-state index in [-0.39, 0.29) is 17.4 Å². The molecule has 0 heterocycles. The van der Waals surface area contributed by atoms with Gasteiger partial charge in [0.25, 0.3) is 0 Å². The number of amides is 1. The van der Waals surface area contributed by atoms with Crippen LogP contribution < -0.4 is 11.1 Å². The summed E-state index contributed by atoms with van der Waals surface area (Å²) in [6.45, 7) is 3.63. The molecule has 4 heteroatoms. The summed E-state index contributed by atoms with van der Waals surface area (Å²) >= 11 is 0. The lowest BCUT2D eigenvalue weighted by Gasteiger charge is -2.37. The van der Waals surface area contributed by atoms with Gasteiger partial charge < -0.3 is 15.8 Å². The Morgan fingerprint density at radius 3 is 2.86 bits per heavy atom. The molecule has 0 radical (unpaired) electrons. The van der Waals surface area contributed by atoms with Gasteiger partial charge in [-0.2, -0.15) is 0 Å². The summed E-state index contributed by atoms with van der Waals surface area (Å²) in [5.41, 5.74) is 7.01. The molecule has 21 heavy (non-hydrogen) atoms. The van der Waals surface area contributed by atoms with Crippen LogP contribution in [-0.2, 0) is 16.1 Å². The van der Waals surface area contributed by atoms with Crippen molar-refractivity contribution < 1.29 is 9.53 Å². The molecule has 1 aliphatic carbocycles. The molecule has 1 aromatic carbocycles. The lowest BCUT2D eigenvalue weighted by molar-refractivity contribution is -0.128. The van der Waals surface area contributed by atoms with E-state index < -0.39 is 0 Å². The van der Waals surface area contributed by atoms with Crippen molar-refractivity contribution in [3.63, 3.8) is 0 Å². The van der Waals surface area contributed by atoms with Gasteiger partial charge in [-0.15, -0.1) is 0 Å². The molecule has 0 bridgehead atoms. The van der Waals surface area contributed by atoms with Gasteiger partial charge in [0.15, 0.2) is 0 Å². The summed E-state index contributed by atoms with van der Waals surface area (Å²) in [7, 11) is 0. The molecule has 116 valence electrons. The molecule has 1 amide bonds. The lowest BCUT2D eigenvalue weighted by Crippen LogP contribution is -2.53. The predicted octanol–water partition coefficient (Wildman–Crippen LogP) is 2.23. The van der Waals surface area contributed by atoms with Gasteiger partial charge in [-0.25, -0.2) is 0 Å². The Kier molecular flexibility index (Phi) is 5.76. The smallest absolute Gasteiger partial charge is 0.225 e. The molecule has 2 atom stereocenters. The third-order valence-corrected chi connectivity index (χ3v) is 4.23. The number of hydrogen-bond donors (Lipinski definition) is 2. The van der Waals surface area contributed by atoms with Crippen LogP contribution in [0.1, 0.15) is 38.2 Å². The largest absolute Gasteiger partial charge is 0.375 e. The quantitative estimate of drug-likeness (QED) is 0.790. The van der Waals surface area contributed by atoms with Crippen molar-refractivity contribution >= 4 is 5.91 Å². The van der Waals surface area contributed by atoms with Crippen LogP contribution in [0.5, 0.6) is 0 Å². The van der Waals surface area contributed by atoms with Gasteiger partial charge in [0.1, 0.15) is 0 Å². The molecule has 3 N–H and O–H groups in total. The maximum atomic E-state index is 12.2. The highest BCUT2D eigenvalue weighted by Crippen LogP contribution is 2.31. The Morgan fingerprint density at radius 1 is 1.38 bits per heavy atom. The molecular formula is C17H26N2O2. The molecule has 4 nitrogen and oxygen atoms in total. The maximum Gasteiger partial charge on any atom is 0.225 e. The average Bonchev–Trinajstić information content (AvgIpc) is 2.47. The van der Waals surface area contributed by atoms with Gasteiger partial charge in [0.2, 0.25) is 5.91 Å². The molecule has 1 saturated carbocycles. The van der Waals surface area contributed by atoms with E-state index in [2.05, 4.69) is 5.32 Å². The summed E-state index contributed by atoms with van der Waals surface area (Å²) in [5, 5.41) is 2.95. The van der Waals surface area contributed by atoms with E-state index >= 15 is 0 Å². The zero-order valence-corrected chi connectivity index (χ0v) is 12.8. The third kappa shape index (κ3) is 4.83. The standard InChI is InChI=1S/C17H26N2O2/c1-17(18)10-6-5-9-15(17)16(20)19-11-12-21-13-14-7-3-2-4-8-14/h2-4,7-8,15H,5-6,9-13,18H2,1H3,(H,19,20). The second-order valence-electron chi connectivity index (χ2n) is 6.13. The molecule has 1 aromatic rings. The van der Waals surface area contributed by atoms with Gasteiger partial charge in [0, 0.05) is 12.1 Å². The normalized spacial score (nSPS) is 25.5. The highest BCUT2D eigenvalue weighted by Gasteiger charge is 2.37. The maximum absolute atomic E-state index is 12.2. The first-order valence-electron chi connectivity index (χ1n) is 7.78. The topological polar surface area (TPSA) is 64.4 Å². The van der Waals surface area contributed by atoms with E-state index in [0.717, 1.165) is 31.2 Å². The van der Waals surface area contributed by atoms with Gasteiger partial charge in [-0.1, -0.05) is 43.2 Å². The van der Waals surface area contributed by atoms with Crippen LogP contribution in [0.25, 0.3) is 0 Å². The average molecular weight is 290 g/mol. The summed E-state index contributed by atoms with van der Waals surface area (Å²) in [5.74, 6) is 0.00313. The molecule has 0 spiro atoms. The monoisotopic (exact) mass is 290 g/mol. The third-order valence-electron chi connectivity index (χ3n) is 4.23. The Labute approximate surface area is 127 Å². The SMILES string of the molecule is CC1(N)CCCCC1C(=O)NCCOCc1ccccc1. The minimum absolute atomic E-state index is 0.0691. The predicted molar refractivity (Wildman–Crippen MR) is 83.7 cm³/mol. The van der Waals surface area contributed by atoms with Crippen LogP contribution in [0.3, 0.4) is 0 Å². The first-order chi connectivity index (χ1) is 10.1. The molecule has 0 saturated heterocycles. The molecule has 1 fully saturated rings. The van der Waals surface area contributed by atoms with Crippen LogP contribution >= 0.6 is 0 Å². The van der Waals surface area contributed by atoms with Crippen molar-refractivity contribution in [3.8, 4) is 0 Å². The fourth-order valence-electron chi connectivity index (χ4n) is 2.92. The van der Waals surface area contributed by atoms with Gasteiger partial charge in [-0.05, 0) is 25.3 Å². The van der Waals surface area contributed by atoms with Crippen LogP contribution in [0.15, 0.2) is 30.3 Å². The van der Waals surface area contributed by atoms with E-state index in [0.29, 0.717) is 19.8 Å². The van der Waals surface area contributed by atoms with Gasteiger partial charge in [-0.3, -0.25) is 4.79 Å². The van der Waals surface area contributed by atoms with Crippen molar-refractivity contribution in [2.45, 2.75) is 44.8 Å². The first kappa shape index (κ1) is 16.0. The molecule has 0 aliphatic heterocycles.